The van der Waals surface area contributed by atoms with Crippen LogP contribution in [-0.4, -0.2) is 114 Å². The van der Waals surface area contributed by atoms with Crippen molar-refractivity contribution in [3.05, 3.63) is 47.2 Å². The number of benzene rings is 2. The first-order valence-electron chi connectivity index (χ1n) is 15.9. The number of carbonyl (C=O) groups excluding carboxylic acids is 2. The molecule has 5 fully saturated rings. The van der Waals surface area contributed by atoms with E-state index >= 15 is 0 Å². The molecule has 238 valence electrons. The van der Waals surface area contributed by atoms with Crippen molar-refractivity contribution in [3.8, 4) is 0 Å². The number of aliphatic carboxylic acids is 1. The van der Waals surface area contributed by atoms with Gasteiger partial charge in [0.2, 0.25) is 5.91 Å². The zero-order valence-corrected chi connectivity index (χ0v) is 26.1. The molecule has 45 heavy (non-hydrogen) atoms. The van der Waals surface area contributed by atoms with E-state index in [2.05, 4.69) is 0 Å². The van der Waals surface area contributed by atoms with Crippen molar-refractivity contribution < 1.29 is 42.0 Å². The number of carboxylic acids is 1. The summed E-state index contributed by atoms with van der Waals surface area (Å²) in [6.45, 7) is 8.17. The number of piperazine rings is 3. The minimum atomic E-state index is -4.02. The number of aliphatic hydroxyl groups excluding tert-OH is 1. The van der Waals surface area contributed by atoms with Crippen LogP contribution in [0.15, 0.2) is 46.5 Å². The van der Waals surface area contributed by atoms with Gasteiger partial charge in [-0.3, -0.25) is 13.9 Å². The summed E-state index contributed by atoms with van der Waals surface area (Å²) >= 11 is 0. The van der Waals surface area contributed by atoms with Crippen LogP contribution in [0, 0.1) is 11.8 Å². The third-order valence-electron chi connectivity index (χ3n) is 11.9. The molecule has 6 heterocycles. The first kappa shape index (κ1) is 28.9. The van der Waals surface area contributed by atoms with Gasteiger partial charge in [-0.1, -0.05) is 24.6 Å². The van der Waals surface area contributed by atoms with Gasteiger partial charge < -0.3 is 29.8 Å². The summed E-state index contributed by atoms with van der Waals surface area (Å²) in [7, 11) is -4.02. The van der Waals surface area contributed by atoms with Gasteiger partial charge in [-0.15, -0.1) is 0 Å². The fourth-order valence-corrected chi connectivity index (χ4v) is 11.6. The number of carboxylic acid groups (broad SMARTS) is 1. The Labute approximate surface area is 261 Å². The molecule has 2 amide bonds. The Morgan fingerprint density at radius 2 is 1.73 bits per heavy atom. The Morgan fingerprint density at radius 3 is 2.38 bits per heavy atom. The van der Waals surface area contributed by atoms with Crippen molar-refractivity contribution in [2.24, 2.45) is 17.6 Å². The summed E-state index contributed by atoms with van der Waals surface area (Å²) in [4.78, 5) is 39.0. The highest BCUT2D eigenvalue weighted by Crippen LogP contribution is 2.56. The molecule has 6 aliphatic heterocycles. The lowest BCUT2D eigenvalue weighted by molar-refractivity contribution is -1.08. The number of hydrogen-bond acceptors (Lipinski definition) is 6. The van der Waals surface area contributed by atoms with Gasteiger partial charge in [0, 0.05) is 16.9 Å². The second-order valence-electron chi connectivity index (χ2n) is 14.2. The molecule has 2 aromatic rings. The van der Waals surface area contributed by atoms with Crippen LogP contribution in [0.25, 0.3) is 10.8 Å². The van der Waals surface area contributed by atoms with Gasteiger partial charge in [-0.2, -0.15) is 0 Å². The molecule has 2 aromatic carbocycles. The standard InChI is InChI=1S/C32H37N5O7S/c1-18(38)26-29-21-5-2-6-22(28(21)30(32(41)42)34(29)31(26)40)35-23-9-8-19(20-4-3-7-24(27(20)23)45(35,43)44)16-36-10-13-37(14-11-36,15-12-36)17-25(33)39/h3-4,7-9,18,21-22,26,29,38H,2,5-6,10-17H2,1H3,(H-2,33,39,41,42)/p+2. The average Bonchev–Trinajstić information content (AvgIpc) is 3.42. The summed E-state index contributed by atoms with van der Waals surface area (Å²) in [6.07, 6.45) is 0.828. The highest BCUT2D eigenvalue weighted by atomic mass is 32.2. The predicted octanol–water partition coefficient (Wildman–Crippen LogP) is 0.723. The van der Waals surface area contributed by atoms with Crippen LogP contribution < -0.4 is 10.0 Å². The molecule has 1 aliphatic carbocycles. The lowest BCUT2D eigenvalue weighted by Gasteiger charge is -2.55. The fraction of sp³-hybridized carbons (Fsp3) is 0.531. The van der Waals surface area contributed by atoms with Gasteiger partial charge >= 0.3 is 5.97 Å². The maximum absolute atomic E-state index is 14.4. The number of hydrogen-bond donors (Lipinski definition) is 3. The van der Waals surface area contributed by atoms with Crippen LogP contribution in [0.1, 0.15) is 31.7 Å². The summed E-state index contributed by atoms with van der Waals surface area (Å²) in [5.74, 6) is -2.94. The summed E-state index contributed by atoms with van der Waals surface area (Å²) in [5.41, 5.74) is 7.56. The van der Waals surface area contributed by atoms with Crippen molar-refractivity contribution in [1.82, 2.24) is 4.90 Å². The normalized spacial score (nSPS) is 34.9. The molecule has 5 atom stereocenters. The van der Waals surface area contributed by atoms with Crippen LogP contribution in [0.4, 0.5) is 5.69 Å². The molecule has 12 nitrogen and oxygen atoms in total. The van der Waals surface area contributed by atoms with E-state index in [0.29, 0.717) is 42.5 Å². The number of amides is 2. The van der Waals surface area contributed by atoms with E-state index in [1.54, 1.807) is 19.1 Å². The Morgan fingerprint density at radius 1 is 1.04 bits per heavy atom. The zero-order chi connectivity index (χ0) is 31.6. The monoisotopic (exact) mass is 637 g/mol. The van der Waals surface area contributed by atoms with Crippen LogP contribution in [0.3, 0.4) is 0 Å². The minimum Gasteiger partial charge on any atom is -0.477 e. The van der Waals surface area contributed by atoms with E-state index in [0.717, 1.165) is 65.7 Å². The second kappa shape index (κ2) is 9.50. The number of aliphatic hydroxyl groups is 1. The van der Waals surface area contributed by atoms with E-state index in [9.17, 15) is 33.0 Å². The highest BCUT2D eigenvalue weighted by molar-refractivity contribution is 7.93. The molecule has 5 unspecified atom stereocenters. The number of nitrogens with zero attached hydrogens (tertiary/aromatic N) is 4. The maximum atomic E-state index is 14.4. The van der Waals surface area contributed by atoms with Crippen molar-refractivity contribution in [3.63, 3.8) is 0 Å². The highest BCUT2D eigenvalue weighted by Gasteiger charge is 2.63. The van der Waals surface area contributed by atoms with E-state index in [-0.39, 0.29) is 22.4 Å². The van der Waals surface area contributed by atoms with E-state index < -0.39 is 46.0 Å². The molecular formula is C32H39N5O7S+2. The Kier molecular flexibility index (Phi) is 6.11. The first-order chi connectivity index (χ1) is 21.4. The summed E-state index contributed by atoms with van der Waals surface area (Å²) < 4.78 is 31.8. The molecule has 7 aliphatic rings. The fourth-order valence-electron chi connectivity index (χ4n) is 9.73. The zero-order valence-electron chi connectivity index (χ0n) is 25.3. The average molecular weight is 638 g/mol. The summed E-state index contributed by atoms with van der Waals surface area (Å²) in [6, 6.07) is 8.09. The smallest absolute Gasteiger partial charge is 0.352 e. The number of anilines is 1. The molecule has 0 aromatic heterocycles. The second-order valence-corrected chi connectivity index (χ2v) is 15.9. The lowest BCUT2D eigenvalue weighted by atomic mass is 9.71. The van der Waals surface area contributed by atoms with Crippen molar-refractivity contribution in [2.45, 2.75) is 55.8 Å². The molecule has 1 saturated carbocycles. The molecule has 4 saturated heterocycles. The van der Waals surface area contributed by atoms with Gasteiger partial charge in [-0.05, 0) is 42.9 Å². The molecule has 13 heteroatoms. The van der Waals surface area contributed by atoms with Crippen molar-refractivity contribution in [1.29, 1.82) is 0 Å². The number of fused-ring (bicyclic) bond motifs is 6. The van der Waals surface area contributed by atoms with Crippen molar-refractivity contribution in [2.75, 3.05) is 50.1 Å². The quantitative estimate of drug-likeness (QED) is 0.298. The van der Waals surface area contributed by atoms with Gasteiger partial charge in [0.15, 0.2) is 6.54 Å². The van der Waals surface area contributed by atoms with Crippen molar-refractivity contribution >= 4 is 44.3 Å². The van der Waals surface area contributed by atoms with Crippen LogP contribution in [-0.2, 0) is 31.0 Å². The van der Waals surface area contributed by atoms with E-state index in [1.807, 2.05) is 18.2 Å². The molecule has 9 rings (SSSR count). The number of β-lactam (4-membered cyclic amide) rings is 1. The Balaban J connectivity index is 1.18. The molecular weight excluding hydrogens is 598 g/mol. The van der Waals surface area contributed by atoms with Crippen LogP contribution in [0.2, 0.25) is 0 Å². The SMILES string of the molecule is CC(O)C1C(=O)N2C(C(=O)O)=C3C(CCCC3N3c4ccc(C[N+]56CC[N+](CC(N)=O)(CC5)CC6)c5cccc(c45)S3(=O)=O)C12. The third kappa shape index (κ3) is 3.87. The number of rotatable bonds is 7. The molecule has 4 N–H and O–H groups in total. The molecule has 0 spiro atoms. The first-order valence-corrected chi connectivity index (χ1v) is 17.4. The number of primary amides is 1. The topological polar surface area (TPSA) is 158 Å². The largest absolute Gasteiger partial charge is 0.477 e. The van der Waals surface area contributed by atoms with Gasteiger partial charge in [0.05, 0.1) is 34.7 Å². The minimum absolute atomic E-state index is 0.118. The third-order valence-corrected chi connectivity index (χ3v) is 13.7. The number of quaternary nitrogens is 2. The Hall–Kier alpha value is -3.52. The van der Waals surface area contributed by atoms with Gasteiger partial charge in [0.25, 0.3) is 15.9 Å². The number of carbonyl (C=O) groups is 3. The van der Waals surface area contributed by atoms with E-state index in [1.165, 1.54) is 9.21 Å². The Bertz CT molecular complexity index is 1810. The van der Waals surface area contributed by atoms with Crippen LogP contribution >= 0.6 is 0 Å². The van der Waals surface area contributed by atoms with Gasteiger partial charge in [-0.25, -0.2) is 13.2 Å². The number of sulfonamides is 1. The molecule has 0 radical (unpaired) electrons. The van der Waals surface area contributed by atoms with Gasteiger partial charge in [0.1, 0.15) is 51.5 Å². The molecule has 2 bridgehead atoms. The number of nitrogens with two attached hydrogens (primary N) is 1. The predicted molar refractivity (Wildman–Crippen MR) is 163 cm³/mol. The van der Waals surface area contributed by atoms with E-state index in [4.69, 9.17) is 5.73 Å². The maximum Gasteiger partial charge on any atom is 0.352 e. The lowest BCUT2D eigenvalue weighted by Crippen LogP contribution is -2.75. The summed E-state index contributed by atoms with van der Waals surface area (Å²) in [5, 5.41) is 22.3. The van der Waals surface area contributed by atoms with Crippen LogP contribution in [0.5, 0.6) is 0 Å².